The number of pyridine rings is 1. The first-order valence-corrected chi connectivity index (χ1v) is 11.8. The van der Waals surface area contributed by atoms with Crippen LogP contribution in [0.15, 0.2) is 73.1 Å². The van der Waals surface area contributed by atoms with E-state index in [4.69, 9.17) is 9.97 Å². The fourth-order valence-electron chi connectivity index (χ4n) is 4.68. The lowest BCUT2D eigenvalue weighted by Gasteiger charge is -2.33. The first kappa shape index (κ1) is 21.3. The summed E-state index contributed by atoms with van der Waals surface area (Å²) >= 11 is 0. The molecule has 2 atom stereocenters. The van der Waals surface area contributed by atoms with Gasteiger partial charge in [-0.05, 0) is 55.9 Å². The average Bonchev–Trinajstić information content (AvgIpc) is 3.38. The van der Waals surface area contributed by atoms with E-state index < -0.39 is 0 Å². The van der Waals surface area contributed by atoms with Crippen LogP contribution in [0.1, 0.15) is 43.8 Å². The summed E-state index contributed by atoms with van der Waals surface area (Å²) in [6, 6.07) is 15.9. The molecule has 1 amide bonds. The smallest absolute Gasteiger partial charge is 0.223 e. The summed E-state index contributed by atoms with van der Waals surface area (Å²) in [5, 5.41) is 3.42. The van der Waals surface area contributed by atoms with Crippen molar-refractivity contribution in [1.29, 1.82) is 0 Å². The lowest BCUT2D eigenvalue weighted by molar-refractivity contribution is -0.133. The highest BCUT2D eigenvalue weighted by atomic mass is 16.2. The minimum absolute atomic E-state index is 0.120. The molecule has 3 heterocycles. The van der Waals surface area contributed by atoms with E-state index in [2.05, 4.69) is 22.5 Å². The van der Waals surface area contributed by atoms with E-state index in [1.165, 1.54) is 0 Å². The minimum Gasteiger partial charge on any atom is -0.342 e. The zero-order valence-corrected chi connectivity index (χ0v) is 18.7. The van der Waals surface area contributed by atoms with Crippen molar-refractivity contribution in [3.63, 3.8) is 0 Å². The zero-order valence-electron chi connectivity index (χ0n) is 18.7. The van der Waals surface area contributed by atoms with Crippen LogP contribution in [0.25, 0.3) is 11.3 Å². The quantitative estimate of drug-likeness (QED) is 0.525. The number of carbonyl (C=O) groups is 1. The Kier molecular flexibility index (Phi) is 6.42. The van der Waals surface area contributed by atoms with Gasteiger partial charge in [0.2, 0.25) is 5.91 Å². The molecule has 2 aromatic heterocycles. The SMILES string of the molecule is O=C(C[C@H]1C=CCC1)N1CCC[C@@H](c2nc(Nc3ccccc3)cc(-c3cccnc3)n2)C1. The van der Waals surface area contributed by atoms with E-state index in [1.54, 1.807) is 6.20 Å². The molecule has 168 valence electrons. The van der Waals surface area contributed by atoms with Gasteiger partial charge in [0.05, 0.1) is 5.69 Å². The van der Waals surface area contributed by atoms with Crippen LogP contribution in [0, 0.1) is 5.92 Å². The van der Waals surface area contributed by atoms with Crippen molar-refractivity contribution >= 4 is 17.4 Å². The number of likely N-dealkylation sites (tertiary alicyclic amines) is 1. The molecule has 1 N–H and O–H groups in total. The van der Waals surface area contributed by atoms with Crippen LogP contribution < -0.4 is 5.32 Å². The Morgan fingerprint density at radius 3 is 2.79 bits per heavy atom. The number of piperidine rings is 1. The number of nitrogens with one attached hydrogen (secondary N) is 1. The molecule has 0 spiro atoms. The third-order valence-corrected chi connectivity index (χ3v) is 6.44. The molecule has 1 aromatic carbocycles. The second-order valence-electron chi connectivity index (χ2n) is 8.88. The molecule has 0 bridgehead atoms. The Bertz CT molecular complexity index is 1120. The van der Waals surface area contributed by atoms with Crippen molar-refractivity contribution in [2.75, 3.05) is 18.4 Å². The predicted octanol–water partition coefficient (Wildman–Crippen LogP) is 5.34. The standard InChI is InChI=1S/C27H29N5O/c33-26(16-20-8-4-5-9-20)32-15-7-11-22(19-32)27-30-24(21-10-6-14-28-18-21)17-25(31-27)29-23-12-2-1-3-13-23/h1-4,6,8,10,12-14,17-18,20,22H,5,7,9,11,15-16,19H2,(H,29,30,31)/t20-,22+/m0/s1. The summed E-state index contributed by atoms with van der Waals surface area (Å²) in [5.74, 6) is 2.31. The fraction of sp³-hybridized carbons (Fsp3) is 0.333. The molecular formula is C27H29N5O. The van der Waals surface area contributed by atoms with Crippen LogP contribution in [0.5, 0.6) is 0 Å². The molecule has 3 aromatic rings. The third kappa shape index (κ3) is 5.28. The number of para-hydroxylation sites is 1. The maximum Gasteiger partial charge on any atom is 0.223 e. The number of nitrogens with zero attached hydrogens (tertiary/aromatic N) is 4. The van der Waals surface area contributed by atoms with E-state index in [0.29, 0.717) is 18.9 Å². The van der Waals surface area contributed by atoms with Gasteiger partial charge >= 0.3 is 0 Å². The van der Waals surface area contributed by atoms with Gasteiger partial charge < -0.3 is 10.2 Å². The lowest BCUT2D eigenvalue weighted by Crippen LogP contribution is -2.40. The van der Waals surface area contributed by atoms with Gasteiger partial charge in [0.15, 0.2) is 0 Å². The van der Waals surface area contributed by atoms with E-state index in [9.17, 15) is 4.79 Å². The Morgan fingerprint density at radius 1 is 1.09 bits per heavy atom. The molecule has 33 heavy (non-hydrogen) atoms. The number of carbonyl (C=O) groups excluding carboxylic acids is 1. The lowest BCUT2D eigenvalue weighted by atomic mass is 9.95. The molecule has 1 saturated heterocycles. The van der Waals surface area contributed by atoms with Crippen LogP contribution in [0.4, 0.5) is 11.5 Å². The van der Waals surface area contributed by atoms with Crippen molar-refractivity contribution in [2.24, 2.45) is 5.92 Å². The van der Waals surface area contributed by atoms with Gasteiger partial charge in [-0.15, -0.1) is 0 Å². The van der Waals surface area contributed by atoms with Gasteiger partial charge in [0.1, 0.15) is 11.6 Å². The van der Waals surface area contributed by atoms with Gasteiger partial charge in [0, 0.05) is 55.1 Å². The highest BCUT2D eigenvalue weighted by Crippen LogP contribution is 2.30. The topological polar surface area (TPSA) is 71.0 Å². The maximum atomic E-state index is 13.0. The van der Waals surface area contributed by atoms with E-state index in [0.717, 1.165) is 60.8 Å². The van der Waals surface area contributed by atoms with E-state index >= 15 is 0 Å². The van der Waals surface area contributed by atoms with Crippen molar-refractivity contribution in [3.05, 3.63) is 78.9 Å². The number of allylic oxidation sites excluding steroid dienone is 2. The normalized spacial score (nSPS) is 20.1. The van der Waals surface area contributed by atoms with Crippen LogP contribution in [0.2, 0.25) is 0 Å². The van der Waals surface area contributed by atoms with Crippen LogP contribution >= 0.6 is 0 Å². The third-order valence-electron chi connectivity index (χ3n) is 6.44. The average molecular weight is 440 g/mol. The monoisotopic (exact) mass is 439 g/mol. The van der Waals surface area contributed by atoms with E-state index in [-0.39, 0.29) is 11.8 Å². The molecule has 0 saturated carbocycles. The number of aromatic nitrogens is 3. The first-order chi connectivity index (χ1) is 16.2. The maximum absolute atomic E-state index is 13.0. The molecule has 5 rings (SSSR count). The number of amides is 1. The number of benzene rings is 1. The van der Waals surface area contributed by atoms with Gasteiger partial charge in [-0.25, -0.2) is 9.97 Å². The number of anilines is 2. The molecule has 0 unspecified atom stereocenters. The molecule has 2 aliphatic rings. The molecule has 6 nitrogen and oxygen atoms in total. The van der Waals surface area contributed by atoms with E-state index in [1.807, 2.05) is 59.6 Å². The Morgan fingerprint density at radius 2 is 2.00 bits per heavy atom. The molecular weight excluding hydrogens is 410 g/mol. The Balaban J connectivity index is 1.40. The predicted molar refractivity (Wildman–Crippen MR) is 130 cm³/mol. The summed E-state index contributed by atoms with van der Waals surface area (Å²) < 4.78 is 0. The van der Waals surface area contributed by atoms with Crippen molar-refractivity contribution in [3.8, 4) is 11.3 Å². The Labute approximate surface area is 194 Å². The largest absolute Gasteiger partial charge is 0.342 e. The molecule has 1 fully saturated rings. The number of hydrogen-bond donors (Lipinski definition) is 1. The van der Waals surface area contributed by atoms with Crippen LogP contribution in [-0.2, 0) is 4.79 Å². The first-order valence-electron chi connectivity index (χ1n) is 11.8. The molecule has 1 aliphatic carbocycles. The molecule has 0 radical (unpaired) electrons. The second-order valence-corrected chi connectivity index (χ2v) is 8.88. The zero-order chi connectivity index (χ0) is 22.5. The van der Waals surface area contributed by atoms with Gasteiger partial charge in [-0.1, -0.05) is 30.4 Å². The number of rotatable bonds is 6. The summed E-state index contributed by atoms with van der Waals surface area (Å²) in [6.45, 7) is 1.50. The highest BCUT2D eigenvalue weighted by Gasteiger charge is 2.28. The van der Waals surface area contributed by atoms with Crippen molar-refractivity contribution in [1.82, 2.24) is 19.9 Å². The Hall–Kier alpha value is -3.54. The summed E-state index contributed by atoms with van der Waals surface area (Å²) in [4.78, 5) is 29.0. The summed E-state index contributed by atoms with van der Waals surface area (Å²) in [6.07, 6.45) is 12.7. The highest BCUT2D eigenvalue weighted by molar-refractivity contribution is 5.77. The van der Waals surface area contributed by atoms with Gasteiger partial charge in [-0.2, -0.15) is 0 Å². The minimum atomic E-state index is 0.120. The van der Waals surface area contributed by atoms with Crippen molar-refractivity contribution < 1.29 is 4.79 Å². The molecule has 6 heteroatoms. The van der Waals surface area contributed by atoms with Gasteiger partial charge in [0.25, 0.3) is 0 Å². The second kappa shape index (κ2) is 9.94. The summed E-state index contributed by atoms with van der Waals surface area (Å²) in [7, 11) is 0. The molecule has 1 aliphatic heterocycles. The number of hydrogen-bond acceptors (Lipinski definition) is 5. The summed E-state index contributed by atoms with van der Waals surface area (Å²) in [5.41, 5.74) is 2.77. The fourth-order valence-corrected chi connectivity index (χ4v) is 4.68. The van der Waals surface area contributed by atoms with Crippen LogP contribution in [-0.4, -0.2) is 38.8 Å². The van der Waals surface area contributed by atoms with Crippen LogP contribution in [0.3, 0.4) is 0 Å². The van der Waals surface area contributed by atoms with Crippen molar-refractivity contribution in [2.45, 2.75) is 38.0 Å². The van der Waals surface area contributed by atoms with Gasteiger partial charge in [-0.3, -0.25) is 9.78 Å².